The summed E-state index contributed by atoms with van der Waals surface area (Å²) in [5.74, 6) is 0.813. The third-order valence-corrected chi connectivity index (χ3v) is 6.97. The van der Waals surface area contributed by atoms with E-state index in [0.717, 1.165) is 11.3 Å². The minimum Gasteiger partial charge on any atom is -0.507 e. The number of Topliss-reactive ketones (excluding diaryl/α,β-unsaturated/α-hetero) is 1. The average molecular weight is 516 g/mol. The third kappa shape index (κ3) is 3.70. The van der Waals surface area contributed by atoms with Gasteiger partial charge < -0.3 is 28.8 Å². The second kappa shape index (κ2) is 9.02. The fraction of sp³-hybridized carbons (Fsp3) is 0.241. The van der Waals surface area contributed by atoms with E-state index in [-0.39, 0.29) is 24.2 Å². The van der Waals surface area contributed by atoms with E-state index in [2.05, 4.69) is 0 Å². The molecule has 3 aliphatic heterocycles. The van der Waals surface area contributed by atoms with Gasteiger partial charge in [0.1, 0.15) is 17.6 Å². The predicted molar refractivity (Wildman–Crippen MR) is 137 cm³/mol. The molecule has 3 heterocycles. The molecule has 1 saturated heterocycles. The molecule has 0 radical (unpaired) electrons. The maximum absolute atomic E-state index is 13.5. The Morgan fingerprint density at radius 3 is 2.47 bits per heavy atom. The molecule has 0 saturated carbocycles. The Kier molecular flexibility index (Phi) is 5.63. The van der Waals surface area contributed by atoms with Crippen molar-refractivity contribution in [1.82, 2.24) is 0 Å². The number of methoxy groups -OCH3 is 2. The fourth-order valence-corrected chi connectivity index (χ4v) is 5.20. The summed E-state index contributed by atoms with van der Waals surface area (Å²) in [4.78, 5) is 28.4. The van der Waals surface area contributed by atoms with Crippen molar-refractivity contribution in [3.8, 4) is 28.7 Å². The molecular weight excluding hydrogens is 490 g/mol. The van der Waals surface area contributed by atoms with Gasteiger partial charge in [0.05, 0.1) is 25.8 Å². The SMILES string of the molecule is COc1ccc(C2/C(=C(\O)c3ccc4c(c3)CC(C)O4)C(=O)C(=O)N2c2ccc3c(c2)OCO3)cc1OC. The molecule has 9 heteroatoms. The fourth-order valence-electron chi connectivity index (χ4n) is 5.20. The molecular formula is C29H25NO8. The zero-order valence-corrected chi connectivity index (χ0v) is 21.0. The molecule has 3 aromatic rings. The van der Waals surface area contributed by atoms with Gasteiger partial charge in [-0.25, -0.2) is 0 Å². The van der Waals surface area contributed by atoms with Crippen molar-refractivity contribution in [2.24, 2.45) is 0 Å². The number of aliphatic hydroxyl groups excluding tert-OH is 1. The van der Waals surface area contributed by atoms with Crippen LogP contribution in [0.2, 0.25) is 0 Å². The lowest BCUT2D eigenvalue weighted by atomic mass is 9.94. The van der Waals surface area contributed by atoms with Crippen molar-refractivity contribution in [3.63, 3.8) is 0 Å². The molecule has 2 atom stereocenters. The molecule has 3 aromatic carbocycles. The molecule has 38 heavy (non-hydrogen) atoms. The molecule has 3 aliphatic rings. The number of aliphatic hydroxyl groups is 1. The lowest BCUT2D eigenvalue weighted by Crippen LogP contribution is -2.29. The van der Waals surface area contributed by atoms with Crippen LogP contribution >= 0.6 is 0 Å². The Morgan fingerprint density at radius 1 is 0.921 bits per heavy atom. The summed E-state index contributed by atoms with van der Waals surface area (Å²) in [7, 11) is 3.03. The van der Waals surface area contributed by atoms with E-state index in [1.54, 1.807) is 54.6 Å². The highest BCUT2D eigenvalue weighted by Crippen LogP contribution is 2.46. The number of carbonyl (C=O) groups is 2. The van der Waals surface area contributed by atoms with Crippen LogP contribution in [0.25, 0.3) is 5.76 Å². The van der Waals surface area contributed by atoms with Crippen LogP contribution in [0, 0.1) is 0 Å². The van der Waals surface area contributed by atoms with Gasteiger partial charge in [-0.3, -0.25) is 14.5 Å². The van der Waals surface area contributed by atoms with Crippen molar-refractivity contribution < 1.29 is 38.4 Å². The van der Waals surface area contributed by atoms with Crippen LogP contribution in [-0.2, 0) is 16.0 Å². The van der Waals surface area contributed by atoms with Crippen molar-refractivity contribution in [3.05, 3.63) is 76.9 Å². The summed E-state index contributed by atoms with van der Waals surface area (Å²) in [6.45, 7) is 2.03. The number of nitrogens with zero attached hydrogens (tertiary/aromatic N) is 1. The van der Waals surface area contributed by atoms with Crippen LogP contribution < -0.4 is 28.6 Å². The molecule has 6 rings (SSSR count). The maximum Gasteiger partial charge on any atom is 0.300 e. The first kappa shape index (κ1) is 23.7. The molecule has 0 bridgehead atoms. The standard InChI is InChI=1S/C29H25NO8/c1-15-10-18-11-17(5-7-20(18)38-15)27(31)25-26(16-4-8-21(34-2)23(12-16)35-3)30(29(33)28(25)32)19-6-9-22-24(13-19)37-14-36-22/h4-9,11-13,15,26,31H,10,14H2,1-3H3/b27-25+. The molecule has 194 valence electrons. The van der Waals surface area contributed by atoms with Gasteiger partial charge in [0.2, 0.25) is 6.79 Å². The van der Waals surface area contributed by atoms with Crippen LogP contribution in [-0.4, -0.2) is 43.9 Å². The number of carbonyl (C=O) groups excluding carboxylic acids is 2. The quantitative estimate of drug-likeness (QED) is 0.303. The molecule has 1 N–H and O–H groups in total. The van der Waals surface area contributed by atoms with Gasteiger partial charge in [-0.15, -0.1) is 0 Å². The summed E-state index contributed by atoms with van der Waals surface area (Å²) >= 11 is 0. The Balaban J connectivity index is 1.53. The van der Waals surface area contributed by atoms with Gasteiger partial charge in [0.25, 0.3) is 11.7 Å². The van der Waals surface area contributed by atoms with E-state index in [1.165, 1.54) is 19.1 Å². The Morgan fingerprint density at radius 2 is 1.68 bits per heavy atom. The first-order valence-electron chi connectivity index (χ1n) is 12.1. The summed E-state index contributed by atoms with van der Waals surface area (Å²) in [6.07, 6.45) is 0.701. The van der Waals surface area contributed by atoms with Gasteiger partial charge >= 0.3 is 0 Å². The molecule has 0 aromatic heterocycles. The molecule has 0 spiro atoms. The number of amides is 1. The maximum atomic E-state index is 13.5. The van der Waals surface area contributed by atoms with Crippen molar-refractivity contribution in [2.45, 2.75) is 25.5 Å². The topological polar surface area (TPSA) is 104 Å². The number of ether oxygens (including phenoxy) is 5. The van der Waals surface area contributed by atoms with Crippen molar-refractivity contribution >= 4 is 23.1 Å². The van der Waals surface area contributed by atoms with Crippen molar-refractivity contribution in [1.29, 1.82) is 0 Å². The number of benzene rings is 3. The molecule has 1 amide bonds. The number of hydrogen-bond donors (Lipinski definition) is 1. The highest BCUT2D eigenvalue weighted by Gasteiger charge is 2.47. The second-order valence-electron chi connectivity index (χ2n) is 9.28. The van der Waals surface area contributed by atoms with Crippen LogP contribution in [0.3, 0.4) is 0 Å². The average Bonchev–Trinajstić information content (AvgIpc) is 3.62. The highest BCUT2D eigenvalue weighted by molar-refractivity contribution is 6.51. The van der Waals surface area contributed by atoms with E-state index < -0.39 is 17.7 Å². The smallest absolute Gasteiger partial charge is 0.300 e. The van der Waals surface area contributed by atoms with E-state index in [0.29, 0.717) is 46.2 Å². The third-order valence-electron chi connectivity index (χ3n) is 6.97. The van der Waals surface area contributed by atoms with Crippen LogP contribution in [0.15, 0.2) is 60.2 Å². The van der Waals surface area contributed by atoms with Gasteiger partial charge in [-0.2, -0.15) is 0 Å². The van der Waals surface area contributed by atoms with Gasteiger partial charge in [-0.05, 0) is 60.5 Å². The van der Waals surface area contributed by atoms with Gasteiger partial charge in [0, 0.05) is 23.7 Å². The second-order valence-corrected chi connectivity index (χ2v) is 9.28. The first-order chi connectivity index (χ1) is 18.4. The van der Waals surface area contributed by atoms with Gasteiger partial charge in [0.15, 0.2) is 23.0 Å². The van der Waals surface area contributed by atoms with Gasteiger partial charge in [-0.1, -0.05) is 6.07 Å². The Bertz CT molecular complexity index is 1510. The van der Waals surface area contributed by atoms with E-state index in [1.807, 2.05) is 6.92 Å². The molecule has 1 fully saturated rings. The number of fused-ring (bicyclic) bond motifs is 2. The monoisotopic (exact) mass is 515 g/mol. The summed E-state index contributed by atoms with van der Waals surface area (Å²) < 4.78 is 27.6. The Hall–Kier alpha value is -4.66. The highest BCUT2D eigenvalue weighted by atomic mass is 16.7. The summed E-state index contributed by atoms with van der Waals surface area (Å²) in [6, 6.07) is 14.5. The molecule has 0 aliphatic carbocycles. The number of anilines is 1. The zero-order chi connectivity index (χ0) is 26.6. The largest absolute Gasteiger partial charge is 0.507 e. The summed E-state index contributed by atoms with van der Waals surface area (Å²) in [5.41, 5.74) is 2.29. The predicted octanol–water partition coefficient (Wildman–Crippen LogP) is 4.38. The molecule has 2 unspecified atom stereocenters. The minimum absolute atomic E-state index is 0.0192. The number of rotatable bonds is 5. The van der Waals surface area contributed by atoms with Crippen LogP contribution in [0.5, 0.6) is 28.7 Å². The zero-order valence-electron chi connectivity index (χ0n) is 21.0. The van der Waals surface area contributed by atoms with Crippen LogP contribution in [0.4, 0.5) is 5.69 Å². The van der Waals surface area contributed by atoms with E-state index in [4.69, 9.17) is 23.7 Å². The Labute approximate surface area is 218 Å². The lowest BCUT2D eigenvalue weighted by molar-refractivity contribution is -0.132. The summed E-state index contributed by atoms with van der Waals surface area (Å²) in [5, 5.41) is 11.5. The van der Waals surface area contributed by atoms with Crippen molar-refractivity contribution in [2.75, 3.05) is 25.9 Å². The minimum atomic E-state index is -0.946. The number of ketones is 1. The number of hydrogen-bond acceptors (Lipinski definition) is 8. The van der Waals surface area contributed by atoms with Crippen LogP contribution in [0.1, 0.15) is 29.7 Å². The lowest BCUT2D eigenvalue weighted by Gasteiger charge is -2.26. The normalized spacial score (nSPS) is 20.9. The van der Waals surface area contributed by atoms with E-state index in [9.17, 15) is 14.7 Å². The molecule has 9 nitrogen and oxygen atoms in total. The first-order valence-corrected chi connectivity index (χ1v) is 12.1. The van der Waals surface area contributed by atoms with E-state index >= 15 is 0 Å².